The van der Waals surface area contributed by atoms with E-state index < -0.39 is 0 Å². The van der Waals surface area contributed by atoms with Gasteiger partial charge in [-0.1, -0.05) is 109 Å². The van der Waals surface area contributed by atoms with Gasteiger partial charge in [0, 0.05) is 233 Å². The number of benzene rings is 8. The van der Waals surface area contributed by atoms with Crippen LogP contribution in [0.3, 0.4) is 0 Å². The van der Waals surface area contributed by atoms with Crippen molar-refractivity contribution in [2.45, 2.75) is 117 Å². The zero-order valence-corrected chi connectivity index (χ0v) is 79.2. The minimum Gasteiger partial charge on any atom is -0.497 e. The number of aromatic nitrogens is 12. The smallest absolute Gasteiger partial charge is 0.229 e. The molecule has 8 N–H and O–H groups in total. The van der Waals surface area contributed by atoms with Crippen molar-refractivity contribution in [1.29, 1.82) is 0 Å². The molecule has 0 radical (unpaired) electrons. The molecule has 0 aliphatic carbocycles. The normalized spacial score (nSPS) is 13.9. The third-order valence-electron chi connectivity index (χ3n) is 25.8. The van der Waals surface area contributed by atoms with Crippen LogP contribution in [0, 0.1) is 25.5 Å². The summed E-state index contributed by atoms with van der Waals surface area (Å²) in [5.41, 5.74) is 14.7. The van der Waals surface area contributed by atoms with Crippen LogP contribution in [0.1, 0.15) is 110 Å². The molecule has 28 heteroatoms. The molecule has 0 unspecified atom stereocenters. The van der Waals surface area contributed by atoms with Gasteiger partial charge in [0.2, 0.25) is 23.8 Å². The number of halogens is 3. The molecule has 135 heavy (non-hydrogen) atoms. The lowest BCUT2D eigenvalue weighted by atomic mass is 10.1. The number of H-pyrrole nitrogens is 4. The van der Waals surface area contributed by atoms with E-state index in [0.717, 1.165) is 190 Å². The van der Waals surface area contributed by atoms with Gasteiger partial charge in [0.15, 0.2) is 0 Å². The summed E-state index contributed by atoms with van der Waals surface area (Å²) in [4.78, 5) is 70.3. The van der Waals surface area contributed by atoms with Crippen molar-refractivity contribution in [3.05, 3.63) is 281 Å². The van der Waals surface area contributed by atoms with E-state index in [1.165, 1.54) is 150 Å². The van der Waals surface area contributed by atoms with Crippen molar-refractivity contribution in [3.8, 4) is 5.75 Å². The van der Waals surface area contributed by atoms with E-state index in [-0.39, 0.29) is 11.6 Å². The average molecular weight is 1830 g/mol. The van der Waals surface area contributed by atoms with Gasteiger partial charge >= 0.3 is 0 Å². The van der Waals surface area contributed by atoms with Crippen LogP contribution >= 0.6 is 11.6 Å². The van der Waals surface area contributed by atoms with Crippen molar-refractivity contribution in [2.75, 3.05) is 174 Å². The second-order valence-electron chi connectivity index (χ2n) is 35.6. The summed E-state index contributed by atoms with van der Waals surface area (Å²) in [6.45, 7) is 15.1. The summed E-state index contributed by atoms with van der Waals surface area (Å²) >= 11 is 6.35. The van der Waals surface area contributed by atoms with Gasteiger partial charge in [-0.2, -0.15) is 39.9 Å². The van der Waals surface area contributed by atoms with Crippen LogP contribution < -0.4 is 65.2 Å². The van der Waals surface area contributed by atoms with Crippen LogP contribution in [0.15, 0.2) is 231 Å². The van der Waals surface area contributed by atoms with Crippen LogP contribution in [-0.4, -0.2) is 174 Å². The summed E-state index contributed by atoms with van der Waals surface area (Å²) in [7, 11) is 9.87. The lowest BCUT2D eigenvalue weighted by molar-refractivity contribution is 0.415. The molecule has 16 aromatic rings. The molecule has 0 saturated carbocycles. The first-order valence-electron chi connectivity index (χ1n) is 47.6. The Morgan fingerprint density at radius 3 is 0.933 bits per heavy atom. The number of ether oxygens (including phenoxy) is 1. The number of para-hydroxylation sites is 4. The van der Waals surface area contributed by atoms with E-state index >= 15 is 0 Å². The molecule has 8 aromatic heterocycles. The van der Waals surface area contributed by atoms with Gasteiger partial charge in [0.05, 0.1) is 7.11 Å². The van der Waals surface area contributed by atoms with E-state index in [1.54, 1.807) is 26.2 Å². The topological polar surface area (TPSA) is 250 Å². The highest BCUT2D eigenvalue weighted by Crippen LogP contribution is 2.35. The van der Waals surface area contributed by atoms with E-state index in [1.807, 2.05) is 99.9 Å². The quantitative estimate of drug-likeness (QED) is 0.0217. The van der Waals surface area contributed by atoms with Gasteiger partial charge in [-0.15, -0.1) is 0 Å². The van der Waals surface area contributed by atoms with E-state index in [9.17, 15) is 8.78 Å². The Morgan fingerprint density at radius 2 is 0.622 bits per heavy atom. The molecule has 25 nitrogen and oxygen atoms in total. The summed E-state index contributed by atoms with van der Waals surface area (Å²) in [5, 5.41) is 19.3. The minimum absolute atomic E-state index is 0.230. The molecular formula is C107H123ClF2N24O. The van der Waals surface area contributed by atoms with Gasteiger partial charge in [-0.25, -0.2) is 8.78 Å². The van der Waals surface area contributed by atoms with Crippen molar-refractivity contribution >= 4 is 148 Å². The number of aromatic amines is 4. The maximum atomic E-state index is 14.1. The second-order valence-corrected chi connectivity index (χ2v) is 36.0. The maximum Gasteiger partial charge on any atom is 0.229 e. The highest BCUT2D eigenvalue weighted by Gasteiger charge is 2.25. The molecule has 8 aromatic carbocycles. The van der Waals surface area contributed by atoms with Gasteiger partial charge in [-0.05, 0) is 229 Å². The van der Waals surface area contributed by atoms with Crippen molar-refractivity contribution < 1.29 is 13.5 Å². The van der Waals surface area contributed by atoms with Crippen LogP contribution in [-0.2, 0) is 25.7 Å². The average Bonchev–Trinajstić information content (AvgIpc) is 1.49. The molecule has 0 atom stereocenters. The van der Waals surface area contributed by atoms with Gasteiger partial charge < -0.3 is 85.1 Å². The zero-order valence-electron chi connectivity index (χ0n) is 78.4. The van der Waals surface area contributed by atoms with Crippen molar-refractivity contribution in [3.63, 3.8) is 0 Å². The first kappa shape index (κ1) is 92.6. The minimum atomic E-state index is -0.276. The molecule has 4 saturated heterocycles. The van der Waals surface area contributed by atoms with Gasteiger partial charge in [-0.3, -0.25) is 0 Å². The number of methoxy groups -OCH3 is 1. The van der Waals surface area contributed by atoms with Crippen molar-refractivity contribution in [1.82, 2.24) is 59.8 Å². The van der Waals surface area contributed by atoms with E-state index in [4.69, 9.17) is 56.2 Å². The third kappa shape index (κ3) is 24.3. The number of nitrogens with one attached hydrogen (secondary N) is 8. The number of fused-ring (bicyclic) bond motifs is 4. The van der Waals surface area contributed by atoms with Gasteiger partial charge in [0.1, 0.15) is 63.9 Å². The Morgan fingerprint density at radius 1 is 0.326 bits per heavy atom. The summed E-state index contributed by atoms with van der Waals surface area (Å²) < 4.78 is 33.2. The molecule has 12 heterocycles. The number of hydrogen-bond acceptors (Lipinski definition) is 21. The van der Waals surface area contributed by atoms with E-state index in [0.29, 0.717) is 40.5 Å². The molecular weight excluding hydrogens is 1710 g/mol. The summed E-state index contributed by atoms with van der Waals surface area (Å²) in [5.74, 6) is 9.79. The Bertz CT molecular complexity index is 6410. The van der Waals surface area contributed by atoms with Crippen molar-refractivity contribution in [2.24, 2.45) is 0 Å². The summed E-state index contributed by atoms with van der Waals surface area (Å²) in [6, 6.07) is 67.1. The lowest BCUT2D eigenvalue weighted by Gasteiger charge is -2.29. The largest absolute Gasteiger partial charge is 0.497 e. The number of likely N-dealkylation sites (N-methyl/N-ethyl adjacent to an activating group) is 4. The first-order chi connectivity index (χ1) is 66.0. The molecule has 4 fully saturated rings. The highest BCUT2D eigenvalue weighted by molar-refractivity contribution is 6.31. The molecule has 0 bridgehead atoms. The SMILES string of the molecule is CN(CCc1c[nH]c2ccccc12)c1nc(Nc2cccc(F)c2)cc(N2CCCCC2)n1.COc1cccc(Nc2cc(N3CCCCC3)nc(N(C)CCc3c[nH]c4ccccc34)n2)c1.Cc1ccc(Nc2cc(N3CCCCC3)nc(N(C)CCc3c[nH]c4ccccc34)n2)cc1Cl.Cc1ccc(Nc2cc(N3CCCCC3)nc(N(C)CCc3c[nH]c4ccccc34)n2)cc1F. The Labute approximate surface area is 794 Å². The number of hydrogen-bond donors (Lipinski definition) is 8. The number of rotatable bonds is 29. The molecule has 4 aliphatic rings. The van der Waals surface area contributed by atoms with Crippen LogP contribution in [0.5, 0.6) is 5.75 Å². The molecule has 0 amide bonds. The fraction of sp³-hybridized carbons (Fsp3) is 0.327. The number of nitrogens with zero attached hydrogens (tertiary/aromatic N) is 16. The fourth-order valence-electron chi connectivity index (χ4n) is 17.9. The lowest BCUT2D eigenvalue weighted by Crippen LogP contribution is -2.31. The molecule has 4 aliphatic heterocycles. The first-order valence-corrected chi connectivity index (χ1v) is 48.0. The van der Waals surface area contributed by atoms with Crippen LogP contribution in [0.2, 0.25) is 5.02 Å². The monoisotopic (exact) mass is 1830 g/mol. The summed E-state index contributed by atoms with van der Waals surface area (Å²) in [6.07, 6.45) is 26.5. The number of aryl methyl sites for hydroxylation is 2. The molecule has 698 valence electrons. The molecule has 20 rings (SSSR count). The number of piperidine rings is 4. The van der Waals surface area contributed by atoms with E-state index in [2.05, 4.69) is 216 Å². The Hall–Kier alpha value is -14.2. The fourth-order valence-corrected chi connectivity index (χ4v) is 18.1. The second kappa shape index (κ2) is 44.5. The van der Waals surface area contributed by atoms with Crippen LogP contribution in [0.25, 0.3) is 43.6 Å². The zero-order chi connectivity index (χ0) is 92.9. The molecule has 0 spiro atoms. The Balaban J connectivity index is 0.000000125. The standard InChI is InChI=1S/C27H31ClN6.C27H31FN6.C27H32N6O.C26H29FN6/c2*1-19-10-11-21(16-23(19)28)30-25-17-26(34-13-6-3-7-14-34)32-27(31-25)33(2)15-12-20-18-29-24-9-5-4-8-22(20)24;1-32(16-13-20-19-28-24-12-5-4-11-23(20)24)27-30-25(29-21-9-8-10-22(17-21)34-2)18-26(31-27)33-14-6-3-7-15-33;1-32(15-12-19-18-28-23-11-4-3-10-22(19)23)26-30-24(29-21-9-7-8-20(27)16-21)17-25(31-26)33-13-5-2-6-14-33/h2*4-5,8-11,16-18,29H,3,6-7,12-15H2,1-2H3,(H,30,31,32);4-5,8-12,17-19,28H,3,6-7,13-16H2,1-2H3,(H,29,30,31);3-4,7-11,16-18,28H,2,5-6,12-15H2,1H3,(H,29,30,31). The highest BCUT2D eigenvalue weighted by atomic mass is 35.5. The van der Waals surface area contributed by atoms with Crippen LogP contribution in [0.4, 0.5) is 102 Å². The number of anilines is 16. The Kier molecular flexibility index (Phi) is 30.6. The van der Waals surface area contributed by atoms with Gasteiger partial charge in [0.25, 0.3) is 0 Å². The maximum absolute atomic E-state index is 14.1. The predicted molar refractivity (Wildman–Crippen MR) is 553 cm³/mol. The predicted octanol–water partition coefficient (Wildman–Crippen LogP) is 23.0. The third-order valence-corrected chi connectivity index (χ3v) is 26.2.